The van der Waals surface area contributed by atoms with Crippen molar-refractivity contribution in [2.45, 2.75) is 19.3 Å². The third kappa shape index (κ3) is 3.50. The van der Waals surface area contributed by atoms with Gasteiger partial charge in [0.15, 0.2) is 0 Å². The van der Waals surface area contributed by atoms with E-state index in [1.54, 1.807) is 6.34 Å². The normalized spacial score (nSPS) is 23.9. The van der Waals surface area contributed by atoms with Crippen LogP contribution in [0.4, 0.5) is 0 Å². The van der Waals surface area contributed by atoms with E-state index in [0.717, 1.165) is 54.6 Å². The molecule has 5 heteroatoms. The van der Waals surface area contributed by atoms with Gasteiger partial charge in [0.25, 0.3) is 0 Å². The van der Waals surface area contributed by atoms with E-state index < -0.39 is 5.92 Å². The molecular weight excluding hydrogens is 348 g/mol. The fourth-order valence-electron chi connectivity index (χ4n) is 4.10. The van der Waals surface area contributed by atoms with Gasteiger partial charge in [0.1, 0.15) is 12.0 Å². The van der Waals surface area contributed by atoms with Crippen molar-refractivity contribution in [1.29, 1.82) is 10.5 Å². The molecule has 0 saturated carbocycles. The van der Waals surface area contributed by atoms with Gasteiger partial charge in [0.2, 0.25) is 0 Å². The first kappa shape index (κ1) is 18.2. The molecule has 140 valence electrons. The Morgan fingerprint density at radius 1 is 1.11 bits per heavy atom. The fraction of sp³-hybridized carbons (Fsp3) is 0.348. The van der Waals surface area contributed by atoms with Crippen LogP contribution >= 0.6 is 0 Å². The van der Waals surface area contributed by atoms with E-state index in [4.69, 9.17) is 4.74 Å². The van der Waals surface area contributed by atoms with Gasteiger partial charge >= 0.3 is 0 Å². The summed E-state index contributed by atoms with van der Waals surface area (Å²) in [6.07, 6.45) is 6.68. The average Bonchev–Trinajstić information content (AvgIpc) is 3.23. The first-order valence-corrected chi connectivity index (χ1v) is 9.71. The molecule has 1 atom stereocenters. The van der Waals surface area contributed by atoms with Crippen LogP contribution in [0.1, 0.15) is 24.8 Å². The van der Waals surface area contributed by atoms with Crippen LogP contribution in [0.15, 0.2) is 63.3 Å². The lowest BCUT2D eigenvalue weighted by atomic mass is 9.80. The van der Waals surface area contributed by atoms with Crippen molar-refractivity contribution in [3.8, 4) is 12.1 Å². The summed E-state index contributed by atoms with van der Waals surface area (Å²) in [5, 5.41) is 19.9. The monoisotopic (exact) mass is 370 g/mol. The molecule has 0 aromatic heterocycles. The van der Waals surface area contributed by atoms with Gasteiger partial charge in [-0.05, 0) is 47.6 Å². The standard InChI is InChI=1S/C23H22N4O/c24-14-21-19-8-4-7-18(19)20(13-17-5-2-1-3-6-17)22(15-25)23(21)26-16-27-9-11-28-12-10-27/h1-3,5-6,13,16,21H,4,7-12H2/b20-13-,26-16+. The van der Waals surface area contributed by atoms with Gasteiger partial charge in [-0.2, -0.15) is 10.5 Å². The molecule has 0 spiro atoms. The van der Waals surface area contributed by atoms with E-state index >= 15 is 0 Å². The maximum atomic E-state index is 9.99. The van der Waals surface area contributed by atoms with Gasteiger partial charge in [0.05, 0.1) is 36.9 Å². The third-order valence-corrected chi connectivity index (χ3v) is 5.49. The van der Waals surface area contributed by atoms with Crippen molar-refractivity contribution in [2.75, 3.05) is 26.3 Å². The number of ether oxygens (including phenoxy) is 1. The first-order chi connectivity index (χ1) is 13.8. The second-order valence-electron chi connectivity index (χ2n) is 7.15. The third-order valence-electron chi connectivity index (χ3n) is 5.49. The Bertz CT molecular complexity index is 951. The highest BCUT2D eigenvalue weighted by Gasteiger charge is 2.35. The minimum atomic E-state index is -0.433. The van der Waals surface area contributed by atoms with E-state index in [1.165, 1.54) is 0 Å². The van der Waals surface area contributed by atoms with Crippen LogP contribution in [0.3, 0.4) is 0 Å². The lowest BCUT2D eigenvalue weighted by molar-refractivity contribution is 0.0700. The Labute approximate surface area is 165 Å². The summed E-state index contributed by atoms with van der Waals surface area (Å²) in [5.74, 6) is -0.433. The molecule has 0 radical (unpaired) electrons. The van der Waals surface area contributed by atoms with Gasteiger partial charge < -0.3 is 9.64 Å². The summed E-state index contributed by atoms with van der Waals surface area (Å²) in [6, 6.07) is 14.8. The molecule has 1 aromatic carbocycles. The predicted octanol–water partition coefficient (Wildman–Crippen LogP) is 3.84. The van der Waals surface area contributed by atoms with E-state index in [2.05, 4.69) is 28.1 Å². The van der Waals surface area contributed by atoms with Crippen LogP contribution in [0.2, 0.25) is 0 Å². The molecule has 1 fully saturated rings. The maximum absolute atomic E-state index is 9.99. The molecule has 1 heterocycles. The molecule has 3 aliphatic rings. The van der Waals surface area contributed by atoms with Gasteiger partial charge in [-0.25, -0.2) is 4.99 Å². The van der Waals surface area contributed by atoms with Gasteiger partial charge in [0, 0.05) is 13.1 Å². The molecule has 1 aromatic rings. The fourth-order valence-corrected chi connectivity index (χ4v) is 4.10. The van der Waals surface area contributed by atoms with Gasteiger partial charge in [-0.15, -0.1) is 0 Å². The number of aliphatic imine (C=N–C) groups is 1. The minimum Gasteiger partial charge on any atom is -0.378 e. The van der Waals surface area contributed by atoms with Gasteiger partial charge in [-0.3, -0.25) is 0 Å². The lowest BCUT2D eigenvalue weighted by Gasteiger charge is -2.26. The Kier molecular flexibility index (Phi) is 5.37. The van der Waals surface area contributed by atoms with Crippen molar-refractivity contribution in [1.82, 2.24) is 4.90 Å². The van der Waals surface area contributed by atoms with Crippen LogP contribution in [0, 0.1) is 28.6 Å². The topological polar surface area (TPSA) is 72.4 Å². The molecule has 0 amide bonds. The smallest absolute Gasteiger partial charge is 0.111 e. The molecule has 1 unspecified atom stereocenters. The van der Waals surface area contributed by atoms with Gasteiger partial charge in [-0.1, -0.05) is 30.3 Å². The van der Waals surface area contributed by atoms with Crippen LogP contribution in [-0.4, -0.2) is 37.5 Å². The van der Waals surface area contributed by atoms with Crippen LogP contribution in [0.5, 0.6) is 0 Å². The number of hydrogen-bond donors (Lipinski definition) is 0. The molecule has 0 N–H and O–H groups in total. The summed E-state index contributed by atoms with van der Waals surface area (Å²) in [4.78, 5) is 6.75. The molecule has 1 saturated heterocycles. The molecular formula is C23H22N4O. The Morgan fingerprint density at radius 3 is 2.61 bits per heavy atom. The first-order valence-electron chi connectivity index (χ1n) is 9.71. The van der Waals surface area contributed by atoms with Crippen molar-refractivity contribution in [2.24, 2.45) is 10.9 Å². The average molecular weight is 370 g/mol. The summed E-state index contributed by atoms with van der Waals surface area (Å²) < 4.78 is 5.38. The summed E-state index contributed by atoms with van der Waals surface area (Å²) in [6.45, 7) is 2.89. The second-order valence-corrected chi connectivity index (χ2v) is 7.15. The Hall–Kier alpha value is -3.15. The zero-order valence-corrected chi connectivity index (χ0v) is 15.8. The SMILES string of the molecule is N#CC1=C(/N=C/N2CCOCC2)C(C#N)C2=C(CCC2)/C1=C/c1ccccc1. The van der Waals surface area contributed by atoms with Crippen LogP contribution < -0.4 is 0 Å². The quantitative estimate of drug-likeness (QED) is 0.598. The number of rotatable bonds is 3. The zero-order valence-electron chi connectivity index (χ0n) is 15.8. The van der Waals surface area contributed by atoms with Crippen molar-refractivity contribution in [3.05, 3.63) is 63.9 Å². The zero-order chi connectivity index (χ0) is 19.3. The molecule has 1 aliphatic heterocycles. The summed E-state index contributed by atoms with van der Waals surface area (Å²) in [5.41, 5.74) is 5.40. The molecule has 4 rings (SSSR count). The van der Waals surface area contributed by atoms with Crippen LogP contribution in [-0.2, 0) is 4.74 Å². The highest BCUT2D eigenvalue weighted by Crippen LogP contribution is 2.46. The summed E-state index contributed by atoms with van der Waals surface area (Å²) in [7, 11) is 0. The largest absolute Gasteiger partial charge is 0.378 e. The number of allylic oxidation sites excluding steroid dienone is 4. The molecule has 0 bridgehead atoms. The van der Waals surface area contributed by atoms with E-state index in [0.29, 0.717) is 24.5 Å². The predicted molar refractivity (Wildman–Crippen MR) is 108 cm³/mol. The van der Waals surface area contributed by atoms with Crippen molar-refractivity contribution in [3.63, 3.8) is 0 Å². The van der Waals surface area contributed by atoms with E-state index in [9.17, 15) is 10.5 Å². The molecule has 5 nitrogen and oxygen atoms in total. The Balaban J connectivity index is 1.79. The number of hydrogen-bond acceptors (Lipinski definition) is 4. The lowest BCUT2D eigenvalue weighted by Crippen LogP contribution is -2.35. The maximum Gasteiger partial charge on any atom is 0.111 e. The van der Waals surface area contributed by atoms with E-state index in [1.807, 2.05) is 30.3 Å². The highest BCUT2D eigenvalue weighted by molar-refractivity contribution is 5.74. The number of nitrogens with zero attached hydrogens (tertiary/aromatic N) is 4. The number of benzene rings is 1. The minimum absolute atomic E-state index is 0.433. The summed E-state index contributed by atoms with van der Waals surface area (Å²) >= 11 is 0. The van der Waals surface area contributed by atoms with Crippen molar-refractivity contribution < 1.29 is 4.74 Å². The highest BCUT2D eigenvalue weighted by atomic mass is 16.5. The number of nitriles is 2. The molecule has 28 heavy (non-hydrogen) atoms. The second kappa shape index (κ2) is 8.25. The van der Waals surface area contributed by atoms with Crippen LogP contribution in [0.25, 0.3) is 6.08 Å². The van der Waals surface area contributed by atoms with E-state index in [-0.39, 0.29) is 0 Å². The number of morpholine rings is 1. The molecule has 2 aliphatic carbocycles. The van der Waals surface area contributed by atoms with Crippen molar-refractivity contribution >= 4 is 12.4 Å². The Morgan fingerprint density at radius 2 is 1.89 bits per heavy atom.